The summed E-state index contributed by atoms with van der Waals surface area (Å²) < 4.78 is 16.0. The zero-order valence-electron chi connectivity index (χ0n) is 12.5. The van der Waals surface area contributed by atoms with E-state index in [1.54, 1.807) is 23.1 Å². The van der Waals surface area contributed by atoms with Crippen LogP contribution in [0.4, 0.5) is 0 Å². The predicted octanol–water partition coefficient (Wildman–Crippen LogP) is 1.63. The molecule has 1 atom stereocenters. The van der Waals surface area contributed by atoms with E-state index in [0.717, 1.165) is 12.8 Å². The summed E-state index contributed by atoms with van der Waals surface area (Å²) in [5, 5.41) is 0. The molecule has 2 heterocycles. The maximum atomic E-state index is 12.7. The van der Waals surface area contributed by atoms with Crippen molar-refractivity contribution in [2.45, 2.75) is 25.3 Å². The number of ether oxygens (including phenoxy) is 3. The van der Waals surface area contributed by atoms with Crippen molar-refractivity contribution in [3.8, 4) is 11.5 Å². The first kappa shape index (κ1) is 14.7. The lowest BCUT2D eigenvalue weighted by Crippen LogP contribution is -2.41. The van der Waals surface area contributed by atoms with Crippen LogP contribution in [-0.4, -0.2) is 49.7 Å². The average Bonchev–Trinajstić information content (AvgIpc) is 2.91. The van der Waals surface area contributed by atoms with Gasteiger partial charge in [-0.1, -0.05) is 0 Å². The largest absolute Gasteiger partial charge is 0.490 e. The van der Waals surface area contributed by atoms with E-state index in [-0.39, 0.29) is 11.9 Å². The van der Waals surface area contributed by atoms with Crippen LogP contribution in [0.2, 0.25) is 0 Å². The van der Waals surface area contributed by atoms with Gasteiger partial charge in [-0.15, -0.1) is 0 Å². The lowest BCUT2D eigenvalue weighted by Gasteiger charge is -2.23. The molecule has 2 aliphatic rings. The van der Waals surface area contributed by atoms with Gasteiger partial charge in [0.05, 0.1) is 20.3 Å². The van der Waals surface area contributed by atoms with Gasteiger partial charge in [0.15, 0.2) is 11.5 Å². The molecular weight excluding hydrogens is 286 g/mol. The second-order valence-corrected chi connectivity index (χ2v) is 5.39. The van der Waals surface area contributed by atoms with Gasteiger partial charge in [-0.2, -0.15) is 0 Å². The summed E-state index contributed by atoms with van der Waals surface area (Å²) in [7, 11) is 1.34. The van der Waals surface area contributed by atoms with Crippen LogP contribution in [0.1, 0.15) is 29.6 Å². The van der Waals surface area contributed by atoms with Crippen molar-refractivity contribution < 1.29 is 23.8 Å². The maximum absolute atomic E-state index is 12.7. The summed E-state index contributed by atoms with van der Waals surface area (Å²) in [5.41, 5.74) is 0.500. The monoisotopic (exact) mass is 305 g/mol. The van der Waals surface area contributed by atoms with Gasteiger partial charge in [-0.25, -0.2) is 4.79 Å². The van der Waals surface area contributed by atoms with Crippen molar-refractivity contribution in [3.63, 3.8) is 0 Å². The first-order chi connectivity index (χ1) is 10.7. The molecule has 0 aromatic heterocycles. The highest BCUT2D eigenvalue weighted by Gasteiger charge is 2.35. The molecule has 0 bridgehead atoms. The Labute approximate surface area is 128 Å². The molecule has 2 aliphatic heterocycles. The number of benzene rings is 1. The molecule has 1 aromatic carbocycles. The SMILES string of the molecule is COC(=O)[C@@H]1CCCN1C(=O)c1ccc2c(c1)OCCCO2. The van der Waals surface area contributed by atoms with Gasteiger partial charge in [0.25, 0.3) is 5.91 Å². The molecule has 0 radical (unpaired) electrons. The van der Waals surface area contributed by atoms with Crippen LogP contribution >= 0.6 is 0 Å². The Kier molecular flexibility index (Phi) is 4.18. The van der Waals surface area contributed by atoms with Crippen molar-refractivity contribution in [1.29, 1.82) is 0 Å². The van der Waals surface area contributed by atoms with Crippen molar-refractivity contribution in [2.24, 2.45) is 0 Å². The standard InChI is InChI=1S/C16H19NO5/c1-20-16(19)12-4-2-7-17(12)15(18)11-5-6-13-14(10-11)22-9-3-8-21-13/h5-6,10,12H,2-4,7-9H2,1H3/t12-/m0/s1. The summed E-state index contributed by atoms with van der Waals surface area (Å²) in [6, 6.07) is 4.66. The summed E-state index contributed by atoms with van der Waals surface area (Å²) in [4.78, 5) is 26.0. The van der Waals surface area contributed by atoms with Crippen LogP contribution in [-0.2, 0) is 9.53 Å². The van der Waals surface area contributed by atoms with Gasteiger partial charge in [-0.05, 0) is 31.0 Å². The molecule has 1 aromatic rings. The van der Waals surface area contributed by atoms with E-state index in [1.807, 2.05) is 0 Å². The summed E-state index contributed by atoms with van der Waals surface area (Å²) >= 11 is 0. The molecule has 0 spiro atoms. The minimum absolute atomic E-state index is 0.177. The second kappa shape index (κ2) is 6.25. The molecule has 118 valence electrons. The van der Waals surface area contributed by atoms with E-state index in [9.17, 15) is 9.59 Å². The van der Waals surface area contributed by atoms with Gasteiger partial charge in [0.1, 0.15) is 6.04 Å². The van der Waals surface area contributed by atoms with Crippen LogP contribution in [0.25, 0.3) is 0 Å². The van der Waals surface area contributed by atoms with Crippen molar-refractivity contribution in [2.75, 3.05) is 26.9 Å². The summed E-state index contributed by atoms with van der Waals surface area (Å²) in [5.74, 6) is 0.695. The van der Waals surface area contributed by atoms with Crippen molar-refractivity contribution >= 4 is 11.9 Å². The lowest BCUT2D eigenvalue weighted by atomic mass is 10.1. The fraction of sp³-hybridized carbons (Fsp3) is 0.500. The zero-order chi connectivity index (χ0) is 15.5. The molecule has 0 unspecified atom stereocenters. The minimum atomic E-state index is -0.492. The van der Waals surface area contributed by atoms with Gasteiger partial charge < -0.3 is 19.1 Å². The topological polar surface area (TPSA) is 65.1 Å². The van der Waals surface area contributed by atoms with Crippen molar-refractivity contribution in [3.05, 3.63) is 23.8 Å². The third-order valence-corrected chi connectivity index (χ3v) is 3.98. The normalized spacial score (nSPS) is 20.4. The number of fused-ring (bicyclic) bond motifs is 1. The van der Waals surface area contributed by atoms with Crippen LogP contribution < -0.4 is 9.47 Å². The van der Waals surface area contributed by atoms with Gasteiger partial charge >= 0.3 is 5.97 Å². The number of esters is 1. The highest BCUT2D eigenvalue weighted by molar-refractivity contribution is 5.97. The fourth-order valence-corrected chi connectivity index (χ4v) is 2.85. The molecule has 6 heteroatoms. The highest BCUT2D eigenvalue weighted by Crippen LogP contribution is 2.31. The number of likely N-dealkylation sites (tertiary alicyclic amines) is 1. The van der Waals surface area contributed by atoms with Gasteiger partial charge in [-0.3, -0.25) is 4.79 Å². The number of hydrogen-bond acceptors (Lipinski definition) is 5. The average molecular weight is 305 g/mol. The van der Waals surface area contributed by atoms with Gasteiger partial charge in [0, 0.05) is 18.5 Å². The summed E-state index contributed by atoms with van der Waals surface area (Å²) in [6.45, 7) is 1.74. The maximum Gasteiger partial charge on any atom is 0.328 e. The number of amides is 1. The number of carbonyl (C=O) groups is 2. The highest BCUT2D eigenvalue weighted by atomic mass is 16.5. The number of carbonyl (C=O) groups excluding carboxylic acids is 2. The first-order valence-corrected chi connectivity index (χ1v) is 7.49. The quantitative estimate of drug-likeness (QED) is 0.777. The Morgan fingerprint density at radius 3 is 2.73 bits per heavy atom. The van der Waals surface area contributed by atoms with Crippen LogP contribution in [0.15, 0.2) is 18.2 Å². The Morgan fingerprint density at radius 2 is 1.95 bits per heavy atom. The Hall–Kier alpha value is -2.24. The molecule has 1 fully saturated rings. The molecular formula is C16H19NO5. The van der Waals surface area contributed by atoms with E-state index in [1.165, 1.54) is 7.11 Å². The van der Waals surface area contributed by atoms with Crippen molar-refractivity contribution in [1.82, 2.24) is 4.90 Å². The zero-order valence-corrected chi connectivity index (χ0v) is 12.5. The number of nitrogens with zero attached hydrogens (tertiary/aromatic N) is 1. The first-order valence-electron chi connectivity index (χ1n) is 7.49. The van der Waals surface area contributed by atoms with E-state index >= 15 is 0 Å². The number of rotatable bonds is 2. The smallest absolute Gasteiger partial charge is 0.328 e. The number of methoxy groups -OCH3 is 1. The summed E-state index contributed by atoms with van der Waals surface area (Å²) in [6.07, 6.45) is 2.26. The lowest BCUT2D eigenvalue weighted by molar-refractivity contribution is -0.145. The molecule has 3 rings (SSSR count). The van der Waals surface area contributed by atoms with E-state index in [2.05, 4.69) is 0 Å². The Morgan fingerprint density at radius 1 is 1.18 bits per heavy atom. The second-order valence-electron chi connectivity index (χ2n) is 5.39. The van der Waals surface area contributed by atoms with Crippen LogP contribution in [0.3, 0.4) is 0 Å². The van der Waals surface area contributed by atoms with Gasteiger partial charge in [0.2, 0.25) is 0 Å². The predicted molar refractivity (Wildman–Crippen MR) is 78.1 cm³/mol. The van der Waals surface area contributed by atoms with E-state index in [4.69, 9.17) is 14.2 Å². The molecule has 6 nitrogen and oxygen atoms in total. The molecule has 1 saturated heterocycles. The molecule has 0 aliphatic carbocycles. The third kappa shape index (κ3) is 2.73. The van der Waals surface area contributed by atoms with E-state index in [0.29, 0.717) is 43.2 Å². The fourth-order valence-electron chi connectivity index (χ4n) is 2.85. The Balaban J connectivity index is 1.83. The molecule has 0 saturated carbocycles. The number of hydrogen-bond donors (Lipinski definition) is 0. The Bertz CT molecular complexity index is 586. The minimum Gasteiger partial charge on any atom is -0.490 e. The molecule has 22 heavy (non-hydrogen) atoms. The van der Waals surface area contributed by atoms with E-state index < -0.39 is 6.04 Å². The molecule has 0 N–H and O–H groups in total. The van der Waals surface area contributed by atoms with Crippen LogP contribution in [0.5, 0.6) is 11.5 Å². The molecule has 1 amide bonds. The van der Waals surface area contributed by atoms with Crippen LogP contribution in [0, 0.1) is 0 Å². The third-order valence-electron chi connectivity index (χ3n) is 3.98.